The fourth-order valence-electron chi connectivity index (χ4n) is 2.39. The topological polar surface area (TPSA) is 50.0 Å². The maximum Gasteiger partial charge on any atom is 0.195 e. The number of aromatic nitrogens is 2. The Morgan fingerprint density at radius 3 is 3.05 bits per heavy atom. The van der Waals surface area contributed by atoms with Crippen molar-refractivity contribution in [2.45, 2.75) is 13.2 Å². The van der Waals surface area contributed by atoms with E-state index in [1.807, 2.05) is 46.1 Å². The molecule has 0 aliphatic carbocycles. The van der Waals surface area contributed by atoms with E-state index in [9.17, 15) is 5.11 Å². The van der Waals surface area contributed by atoms with Gasteiger partial charge in [0.1, 0.15) is 5.75 Å². The minimum absolute atomic E-state index is 0.0321. The Bertz CT molecular complexity index is 750. The van der Waals surface area contributed by atoms with Gasteiger partial charge in [0, 0.05) is 25.2 Å². The molecule has 6 heteroatoms. The SMILES string of the molecule is COc1cccc(CN(C)c2nc3sccn3c2CO)c1. The molecule has 1 aromatic carbocycles. The fraction of sp³-hybridized carbons (Fsp3) is 0.267. The number of aliphatic hydroxyl groups excluding tert-OH is 1. The molecule has 0 unspecified atom stereocenters. The average molecular weight is 303 g/mol. The Balaban J connectivity index is 1.89. The first-order valence-electron chi connectivity index (χ1n) is 6.62. The standard InChI is InChI=1S/C15H17N3O2S/c1-17(9-11-4-3-5-12(8-11)20-2)14-13(10-19)18-6-7-21-15(18)16-14/h3-8,19H,9-10H2,1-2H3. The van der Waals surface area contributed by atoms with E-state index >= 15 is 0 Å². The van der Waals surface area contributed by atoms with E-state index in [-0.39, 0.29) is 6.61 Å². The number of hydrogen-bond acceptors (Lipinski definition) is 5. The van der Waals surface area contributed by atoms with Gasteiger partial charge in [-0.15, -0.1) is 11.3 Å². The van der Waals surface area contributed by atoms with Crippen LogP contribution in [0.2, 0.25) is 0 Å². The zero-order chi connectivity index (χ0) is 14.8. The highest BCUT2D eigenvalue weighted by Crippen LogP contribution is 2.25. The maximum atomic E-state index is 9.62. The van der Waals surface area contributed by atoms with Crippen LogP contribution < -0.4 is 9.64 Å². The van der Waals surface area contributed by atoms with Gasteiger partial charge in [0.25, 0.3) is 0 Å². The third-order valence-corrected chi connectivity index (χ3v) is 4.16. The Morgan fingerprint density at radius 2 is 2.29 bits per heavy atom. The average Bonchev–Trinajstić information content (AvgIpc) is 3.07. The number of rotatable bonds is 5. The Morgan fingerprint density at radius 1 is 1.43 bits per heavy atom. The minimum Gasteiger partial charge on any atom is -0.497 e. The second-order valence-electron chi connectivity index (χ2n) is 4.80. The van der Waals surface area contributed by atoms with Crippen molar-refractivity contribution in [3.05, 3.63) is 47.1 Å². The van der Waals surface area contributed by atoms with Gasteiger partial charge in [-0.25, -0.2) is 4.98 Å². The molecule has 110 valence electrons. The lowest BCUT2D eigenvalue weighted by Crippen LogP contribution is -2.18. The van der Waals surface area contributed by atoms with Gasteiger partial charge in [-0.05, 0) is 17.7 Å². The highest BCUT2D eigenvalue weighted by atomic mass is 32.1. The molecule has 0 aliphatic heterocycles. The lowest BCUT2D eigenvalue weighted by Gasteiger charge is -2.18. The van der Waals surface area contributed by atoms with Crippen LogP contribution in [-0.4, -0.2) is 28.6 Å². The summed E-state index contributed by atoms with van der Waals surface area (Å²) in [5, 5.41) is 11.6. The molecular formula is C15H17N3O2S. The third kappa shape index (κ3) is 2.59. The number of thiazole rings is 1. The lowest BCUT2D eigenvalue weighted by molar-refractivity contribution is 0.276. The number of aliphatic hydroxyl groups is 1. The van der Waals surface area contributed by atoms with Crippen LogP contribution in [0.15, 0.2) is 35.8 Å². The van der Waals surface area contributed by atoms with Crippen LogP contribution in [0.5, 0.6) is 5.75 Å². The maximum absolute atomic E-state index is 9.62. The molecule has 0 bridgehead atoms. The van der Waals surface area contributed by atoms with Gasteiger partial charge in [-0.2, -0.15) is 0 Å². The van der Waals surface area contributed by atoms with Crippen molar-refractivity contribution in [1.82, 2.24) is 9.38 Å². The Labute approximate surface area is 127 Å². The number of hydrogen-bond donors (Lipinski definition) is 1. The van der Waals surface area contributed by atoms with Crippen molar-refractivity contribution in [2.24, 2.45) is 0 Å². The Kier molecular flexibility index (Phi) is 3.81. The summed E-state index contributed by atoms with van der Waals surface area (Å²) < 4.78 is 7.18. The van der Waals surface area contributed by atoms with Crippen molar-refractivity contribution < 1.29 is 9.84 Å². The summed E-state index contributed by atoms with van der Waals surface area (Å²) in [6.45, 7) is 0.671. The van der Waals surface area contributed by atoms with Gasteiger partial charge >= 0.3 is 0 Å². The minimum atomic E-state index is -0.0321. The fourth-order valence-corrected chi connectivity index (χ4v) is 3.12. The number of anilines is 1. The molecule has 2 aromatic heterocycles. The first-order chi connectivity index (χ1) is 10.2. The van der Waals surface area contributed by atoms with Crippen molar-refractivity contribution >= 4 is 22.1 Å². The van der Waals surface area contributed by atoms with Gasteiger partial charge in [-0.1, -0.05) is 12.1 Å². The molecule has 3 rings (SSSR count). The molecule has 3 aromatic rings. The summed E-state index contributed by atoms with van der Waals surface area (Å²) in [5.74, 6) is 1.65. The van der Waals surface area contributed by atoms with Gasteiger partial charge < -0.3 is 14.7 Å². The van der Waals surface area contributed by atoms with Gasteiger partial charge in [0.05, 0.1) is 19.4 Å². The summed E-state index contributed by atoms with van der Waals surface area (Å²) >= 11 is 1.56. The van der Waals surface area contributed by atoms with Crippen LogP contribution in [0, 0.1) is 0 Å². The zero-order valence-electron chi connectivity index (χ0n) is 12.0. The normalized spacial score (nSPS) is 11.0. The van der Waals surface area contributed by atoms with Crippen LogP contribution >= 0.6 is 11.3 Å². The highest BCUT2D eigenvalue weighted by Gasteiger charge is 2.16. The van der Waals surface area contributed by atoms with Crippen LogP contribution in [0.3, 0.4) is 0 Å². The molecule has 2 heterocycles. The van der Waals surface area contributed by atoms with Crippen LogP contribution in [0.25, 0.3) is 4.96 Å². The summed E-state index contributed by atoms with van der Waals surface area (Å²) in [4.78, 5) is 7.53. The van der Waals surface area contributed by atoms with Gasteiger partial charge in [0.15, 0.2) is 10.8 Å². The number of methoxy groups -OCH3 is 1. The van der Waals surface area contributed by atoms with Crippen molar-refractivity contribution in [2.75, 3.05) is 19.1 Å². The zero-order valence-corrected chi connectivity index (χ0v) is 12.8. The van der Waals surface area contributed by atoms with Crippen LogP contribution in [0.4, 0.5) is 5.82 Å². The van der Waals surface area contributed by atoms with E-state index in [0.29, 0.717) is 6.54 Å². The number of imidazole rings is 1. The molecule has 0 fully saturated rings. The quantitative estimate of drug-likeness (QED) is 0.787. The van der Waals surface area contributed by atoms with Crippen molar-refractivity contribution in [1.29, 1.82) is 0 Å². The van der Waals surface area contributed by atoms with E-state index in [1.54, 1.807) is 18.4 Å². The second-order valence-corrected chi connectivity index (χ2v) is 5.68. The molecule has 1 N–H and O–H groups in total. The predicted molar refractivity (Wildman–Crippen MR) is 84.1 cm³/mol. The van der Waals surface area contributed by atoms with Gasteiger partial charge in [0.2, 0.25) is 0 Å². The van der Waals surface area contributed by atoms with Crippen LogP contribution in [0.1, 0.15) is 11.3 Å². The molecule has 0 saturated heterocycles. The molecule has 0 atom stereocenters. The van der Waals surface area contributed by atoms with Gasteiger partial charge in [-0.3, -0.25) is 4.40 Å². The van der Waals surface area contributed by atoms with Crippen molar-refractivity contribution in [3.63, 3.8) is 0 Å². The summed E-state index contributed by atoms with van der Waals surface area (Å²) in [6, 6.07) is 7.96. The summed E-state index contributed by atoms with van der Waals surface area (Å²) in [7, 11) is 3.64. The molecule has 0 radical (unpaired) electrons. The molecule has 0 aliphatic rings. The Hall–Kier alpha value is -2.05. The molecular weight excluding hydrogens is 286 g/mol. The third-order valence-electron chi connectivity index (χ3n) is 3.41. The van der Waals surface area contributed by atoms with E-state index in [1.165, 1.54) is 0 Å². The predicted octanol–water partition coefficient (Wildman–Crippen LogP) is 2.53. The molecule has 21 heavy (non-hydrogen) atoms. The highest BCUT2D eigenvalue weighted by molar-refractivity contribution is 7.15. The lowest BCUT2D eigenvalue weighted by atomic mass is 10.2. The van der Waals surface area contributed by atoms with E-state index in [2.05, 4.69) is 11.1 Å². The number of fused-ring (bicyclic) bond motifs is 1. The molecule has 0 amide bonds. The largest absolute Gasteiger partial charge is 0.497 e. The first-order valence-corrected chi connectivity index (χ1v) is 7.50. The van der Waals surface area contributed by atoms with E-state index < -0.39 is 0 Å². The first kappa shape index (κ1) is 13.9. The molecule has 5 nitrogen and oxygen atoms in total. The second kappa shape index (κ2) is 5.75. The smallest absolute Gasteiger partial charge is 0.195 e. The molecule has 0 spiro atoms. The summed E-state index contributed by atoms with van der Waals surface area (Å²) in [5.41, 5.74) is 1.95. The number of nitrogens with zero attached hydrogens (tertiary/aromatic N) is 3. The van der Waals surface area contributed by atoms with Crippen molar-refractivity contribution in [3.8, 4) is 5.75 Å². The molecule has 0 saturated carbocycles. The number of ether oxygens (including phenoxy) is 1. The number of benzene rings is 1. The monoisotopic (exact) mass is 303 g/mol. The van der Waals surface area contributed by atoms with E-state index in [4.69, 9.17) is 4.74 Å². The van der Waals surface area contributed by atoms with Crippen LogP contribution in [-0.2, 0) is 13.2 Å². The summed E-state index contributed by atoms with van der Waals surface area (Å²) in [6.07, 6.45) is 1.93. The van der Waals surface area contributed by atoms with E-state index in [0.717, 1.165) is 27.8 Å².